The van der Waals surface area contributed by atoms with E-state index >= 15 is 0 Å². The first-order valence-electron chi connectivity index (χ1n) is 9.03. The summed E-state index contributed by atoms with van der Waals surface area (Å²) in [6, 6.07) is 12.8. The summed E-state index contributed by atoms with van der Waals surface area (Å²) in [5.74, 6) is 0.210. The molecule has 0 aromatic heterocycles. The molecular formula is C21H23FN2O3. The van der Waals surface area contributed by atoms with Gasteiger partial charge >= 0.3 is 0 Å². The maximum atomic E-state index is 13.0. The van der Waals surface area contributed by atoms with Gasteiger partial charge in [-0.2, -0.15) is 0 Å². The molecule has 142 valence electrons. The normalized spacial score (nSPS) is 16.7. The first-order chi connectivity index (χ1) is 12.9. The van der Waals surface area contributed by atoms with Gasteiger partial charge < -0.3 is 15.0 Å². The predicted molar refractivity (Wildman–Crippen MR) is 101 cm³/mol. The average molecular weight is 370 g/mol. The molecule has 1 aliphatic rings. The zero-order valence-corrected chi connectivity index (χ0v) is 15.4. The molecule has 1 N–H and O–H groups in total. The number of carbonyl (C=O) groups is 2. The van der Waals surface area contributed by atoms with Gasteiger partial charge in [-0.15, -0.1) is 0 Å². The Morgan fingerprint density at radius 2 is 1.85 bits per heavy atom. The van der Waals surface area contributed by atoms with E-state index in [1.165, 1.54) is 12.1 Å². The molecule has 5 nitrogen and oxygen atoms in total. The van der Waals surface area contributed by atoms with E-state index < -0.39 is 0 Å². The van der Waals surface area contributed by atoms with Gasteiger partial charge in [-0.3, -0.25) is 9.59 Å². The van der Waals surface area contributed by atoms with Crippen LogP contribution in [0.4, 0.5) is 10.1 Å². The number of nitrogens with zero attached hydrogens (tertiary/aromatic N) is 1. The largest absolute Gasteiger partial charge is 0.491 e. The average Bonchev–Trinajstić information content (AvgIpc) is 3.01. The molecule has 1 heterocycles. The minimum Gasteiger partial charge on any atom is -0.491 e. The Morgan fingerprint density at radius 3 is 2.48 bits per heavy atom. The van der Waals surface area contributed by atoms with Crippen LogP contribution in [0.3, 0.4) is 0 Å². The summed E-state index contributed by atoms with van der Waals surface area (Å²) in [6.07, 6.45) is 0.437. The van der Waals surface area contributed by atoms with Gasteiger partial charge in [0.05, 0.1) is 6.10 Å². The number of benzene rings is 2. The number of hydrogen-bond acceptors (Lipinski definition) is 3. The molecule has 1 unspecified atom stereocenters. The number of hydrogen-bond donors (Lipinski definition) is 1. The van der Waals surface area contributed by atoms with Gasteiger partial charge in [0, 0.05) is 36.7 Å². The lowest BCUT2D eigenvalue weighted by molar-refractivity contribution is -0.117. The molecule has 6 heteroatoms. The lowest BCUT2D eigenvalue weighted by atomic mass is 10.1. The highest BCUT2D eigenvalue weighted by Gasteiger charge is 2.30. The molecule has 0 spiro atoms. The standard InChI is InChI=1S/C21H23FN2O3/c1-14(2)27-19-9-3-16(4-10-19)21(26)23-12-15-11-20(25)24(13-15)18-7-5-17(22)6-8-18/h3-10,14-15H,11-13H2,1-2H3,(H,23,26). The zero-order valence-electron chi connectivity index (χ0n) is 15.4. The molecule has 27 heavy (non-hydrogen) atoms. The maximum Gasteiger partial charge on any atom is 0.251 e. The number of rotatable bonds is 6. The zero-order chi connectivity index (χ0) is 19.4. The van der Waals surface area contributed by atoms with Gasteiger partial charge in [0.2, 0.25) is 5.91 Å². The Hall–Kier alpha value is -2.89. The van der Waals surface area contributed by atoms with Crippen LogP contribution in [0.25, 0.3) is 0 Å². The molecular weight excluding hydrogens is 347 g/mol. The van der Waals surface area contributed by atoms with E-state index in [1.54, 1.807) is 41.3 Å². The summed E-state index contributed by atoms with van der Waals surface area (Å²) < 4.78 is 18.6. The predicted octanol–water partition coefficient (Wildman–Crippen LogP) is 3.40. The number of anilines is 1. The quantitative estimate of drug-likeness (QED) is 0.848. The fraction of sp³-hybridized carbons (Fsp3) is 0.333. The molecule has 1 atom stereocenters. The van der Waals surface area contributed by atoms with Gasteiger partial charge in [0.1, 0.15) is 11.6 Å². The van der Waals surface area contributed by atoms with E-state index in [-0.39, 0.29) is 29.7 Å². The second kappa shape index (κ2) is 8.20. The molecule has 3 rings (SSSR count). The molecule has 1 fully saturated rings. The van der Waals surface area contributed by atoms with Crippen molar-refractivity contribution in [2.75, 3.05) is 18.0 Å². The highest BCUT2D eigenvalue weighted by Crippen LogP contribution is 2.25. The second-order valence-corrected chi connectivity index (χ2v) is 6.95. The van der Waals surface area contributed by atoms with Crippen molar-refractivity contribution in [2.45, 2.75) is 26.4 Å². The highest BCUT2D eigenvalue weighted by molar-refractivity contribution is 5.96. The van der Waals surface area contributed by atoms with E-state index in [0.29, 0.717) is 30.8 Å². The van der Waals surface area contributed by atoms with Crippen LogP contribution in [0.1, 0.15) is 30.6 Å². The van der Waals surface area contributed by atoms with Crippen LogP contribution >= 0.6 is 0 Å². The van der Waals surface area contributed by atoms with E-state index in [9.17, 15) is 14.0 Å². The Morgan fingerprint density at radius 1 is 1.19 bits per heavy atom. The summed E-state index contributed by atoms with van der Waals surface area (Å²) >= 11 is 0. The fourth-order valence-electron chi connectivity index (χ4n) is 3.09. The molecule has 0 radical (unpaired) electrons. The molecule has 2 aromatic rings. The number of amides is 2. The Balaban J connectivity index is 1.53. The first kappa shape index (κ1) is 18.9. The second-order valence-electron chi connectivity index (χ2n) is 6.95. The third-order valence-corrected chi connectivity index (χ3v) is 4.38. The molecule has 0 bridgehead atoms. The molecule has 0 saturated carbocycles. The van der Waals surface area contributed by atoms with Crippen LogP contribution in [-0.2, 0) is 4.79 Å². The maximum absolute atomic E-state index is 13.0. The fourth-order valence-corrected chi connectivity index (χ4v) is 3.09. The molecule has 0 aliphatic carbocycles. The van der Waals surface area contributed by atoms with E-state index in [2.05, 4.69) is 5.32 Å². The number of ether oxygens (including phenoxy) is 1. The van der Waals surface area contributed by atoms with Gasteiger partial charge in [-0.25, -0.2) is 4.39 Å². The van der Waals surface area contributed by atoms with Gasteiger partial charge in [-0.1, -0.05) is 0 Å². The lowest BCUT2D eigenvalue weighted by Gasteiger charge is -2.17. The third kappa shape index (κ3) is 4.84. The number of halogens is 1. The van der Waals surface area contributed by atoms with Crippen molar-refractivity contribution in [1.82, 2.24) is 5.32 Å². The van der Waals surface area contributed by atoms with E-state index in [1.807, 2.05) is 13.8 Å². The summed E-state index contributed by atoms with van der Waals surface area (Å²) in [4.78, 5) is 26.2. The Bertz CT molecular complexity index is 803. The topological polar surface area (TPSA) is 58.6 Å². The summed E-state index contributed by atoms with van der Waals surface area (Å²) in [5.41, 5.74) is 1.22. The lowest BCUT2D eigenvalue weighted by Crippen LogP contribution is -2.31. The third-order valence-electron chi connectivity index (χ3n) is 4.38. The molecule has 2 aromatic carbocycles. The van der Waals surface area contributed by atoms with Crippen LogP contribution in [0.2, 0.25) is 0 Å². The van der Waals surface area contributed by atoms with Gasteiger partial charge in [-0.05, 0) is 62.4 Å². The van der Waals surface area contributed by atoms with Crippen LogP contribution in [0.15, 0.2) is 48.5 Å². The van der Waals surface area contributed by atoms with Crippen molar-refractivity contribution in [1.29, 1.82) is 0 Å². The van der Waals surface area contributed by atoms with Crippen LogP contribution in [0.5, 0.6) is 5.75 Å². The van der Waals surface area contributed by atoms with Gasteiger partial charge in [0.15, 0.2) is 0 Å². The summed E-state index contributed by atoms with van der Waals surface area (Å²) in [6.45, 7) is 4.80. The molecule has 2 amide bonds. The number of carbonyl (C=O) groups excluding carboxylic acids is 2. The van der Waals surface area contributed by atoms with Crippen molar-refractivity contribution in [3.8, 4) is 5.75 Å². The van der Waals surface area contributed by atoms with E-state index in [4.69, 9.17) is 4.74 Å². The van der Waals surface area contributed by atoms with Crippen molar-refractivity contribution < 1.29 is 18.7 Å². The Kier molecular flexibility index (Phi) is 5.74. The van der Waals surface area contributed by atoms with Crippen molar-refractivity contribution in [3.63, 3.8) is 0 Å². The van der Waals surface area contributed by atoms with Gasteiger partial charge in [0.25, 0.3) is 5.91 Å². The monoisotopic (exact) mass is 370 g/mol. The van der Waals surface area contributed by atoms with E-state index in [0.717, 1.165) is 5.75 Å². The Labute approximate surface area is 158 Å². The van der Waals surface area contributed by atoms with Crippen molar-refractivity contribution in [3.05, 3.63) is 59.9 Å². The van der Waals surface area contributed by atoms with Crippen molar-refractivity contribution in [2.24, 2.45) is 5.92 Å². The van der Waals surface area contributed by atoms with Crippen molar-refractivity contribution >= 4 is 17.5 Å². The minimum atomic E-state index is -0.334. The smallest absolute Gasteiger partial charge is 0.251 e. The molecule has 1 saturated heterocycles. The van der Waals surface area contributed by atoms with Crippen LogP contribution < -0.4 is 15.0 Å². The highest BCUT2D eigenvalue weighted by atomic mass is 19.1. The minimum absolute atomic E-state index is 0.0176. The SMILES string of the molecule is CC(C)Oc1ccc(C(=O)NCC2CC(=O)N(c3ccc(F)cc3)C2)cc1. The number of nitrogens with one attached hydrogen (secondary N) is 1. The van der Waals surface area contributed by atoms with Crippen LogP contribution in [-0.4, -0.2) is 31.0 Å². The first-order valence-corrected chi connectivity index (χ1v) is 9.03. The molecule has 1 aliphatic heterocycles. The van der Waals surface area contributed by atoms with Crippen LogP contribution in [0, 0.1) is 11.7 Å². The summed E-state index contributed by atoms with van der Waals surface area (Å²) in [7, 11) is 0. The summed E-state index contributed by atoms with van der Waals surface area (Å²) in [5, 5.41) is 2.88.